The fourth-order valence-corrected chi connectivity index (χ4v) is 3.34. The SMILES string of the molecule is CCOC(=O)c1[nH]c2ccc(F)cc2c1NC(=O)CN1CCN(CCO)CC1. The Morgan fingerprint density at radius 3 is 2.64 bits per heavy atom. The lowest BCUT2D eigenvalue weighted by Crippen LogP contribution is -2.49. The van der Waals surface area contributed by atoms with Crippen LogP contribution >= 0.6 is 0 Å². The number of H-pyrrole nitrogens is 1. The van der Waals surface area contributed by atoms with Gasteiger partial charge in [-0.3, -0.25) is 14.6 Å². The molecule has 3 N–H and O–H groups in total. The topological polar surface area (TPSA) is 97.9 Å². The molecular weight excluding hydrogens is 367 g/mol. The molecule has 1 fully saturated rings. The quantitative estimate of drug-likeness (QED) is 0.609. The molecule has 1 aromatic heterocycles. The number of hydrogen-bond donors (Lipinski definition) is 3. The molecule has 3 rings (SSSR count). The molecular formula is C19H25FN4O4. The molecule has 1 aliphatic rings. The second-order valence-corrected chi connectivity index (χ2v) is 6.67. The van der Waals surface area contributed by atoms with Crippen LogP contribution in [0.5, 0.6) is 0 Å². The molecule has 9 heteroatoms. The smallest absolute Gasteiger partial charge is 0.356 e. The summed E-state index contributed by atoms with van der Waals surface area (Å²) in [6.07, 6.45) is 0. The van der Waals surface area contributed by atoms with E-state index in [4.69, 9.17) is 9.84 Å². The number of esters is 1. The molecule has 0 aliphatic carbocycles. The first-order valence-corrected chi connectivity index (χ1v) is 9.35. The Labute approximate surface area is 162 Å². The minimum Gasteiger partial charge on any atom is -0.461 e. The van der Waals surface area contributed by atoms with E-state index in [0.29, 0.717) is 30.5 Å². The summed E-state index contributed by atoms with van der Waals surface area (Å²) < 4.78 is 18.8. The van der Waals surface area contributed by atoms with Crippen LogP contribution in [-0.2, 0) is 9.53 Å². The molecule has 0 atom stereocenters. The zero-order chi connectivity index (χ0) is 20.1. The maximum atomic E-state index is 13.7. The summed E-state index contributed by atoms with van der Waals surface area (Å²) in [5.74, 6) is -1.35. The van der Waals surface area contributed by atoms with E-state index in [1.807, 2.05) is 4.90 Å². The van der Waals surface area contributed by atoms with Gasteiger partial charge in [0.25, 0.3) is 0 Å². The van der Waals surface area contributed by atoms with Crippen molar-refractivity contribution < 1.29 is 23.8 Å². The van der Waals surface area contributed by atoms with Crippen LogP contribution in [0.2, 0.25) is 0 Å². The number of fused-ring (bicyclic) bond motifs is 1. The predicted octanol–water partition coefficient (Wildman–Crippen LogP) is 1.03. The largest absolute Gasteiger partial charge is 0.461 e. The lowest BCUT2D eigenvalue weighted by atomic mass is 10.2. The number of nitrogens with one attached hydrogen (secondary N) is 2. The van der Waals surface area contributed by atoms with Gasteiger partial charge in [-0.05, 0) is 25.1 Å². The zero-order valence-electron chi connectivity index (χ0n) is 15.8. The Balaban J connectivity index is 1.73. The van der Waals surface area contributed by atoms with Gasteiger partial charge in [0.05, 0.1) is 25.4 Å². The van der Waals surface area contributed by atoms with Crippen LogP contribution in [0.15, 0.2) is 18.2 Å². The molecule has 0 saturated carbocycles. The molecule has 1 aromatic carbocycles. The van der Waals surface area contributed by atoms with Gasteiger partial charge in [-0.25, -0.2) is 9.18 Å². The summed E-state index contributed by atoms with van der Waals surface area (Å²) in [5.41, 5.74) is 0.873. The van der Waals surface area contributed by atoms with Crippen LogP contribution < -0.4 is 5.32 Å². The number of aliphatic hydroxyl groups is 1. The second-order valence-electron chi connectivity index (χ2n) is 6.67. The number of benzene rings is 1. The van der Waals surface area contributed by atoms with E-state index in [-0.39, 0.29) is 37.0 Å². The van der Waals surface area contributed by atoms with E-state index in [9.17, 15) is 14.0 Å². The summed E-state index contributed by atoms with van der Waals surface area (Å²) in [7, 11) is 0. The van der Waals surface area contributed by atoms with E-state index in [0.717, 1.165) is 13.1 Å². The third-order valence-electron chi connectivity index (χ3n) is 4.75. The molecule has 1 saturated heterocycles. The van der Waals surface area contributed by atoms with Crippen molar-refractivity contribution in [3.05, 3.63) is 29.7 Å². The Morgan fingerprint density at radius 2 is 1.96 bits per heavy atom. The molecule has 2 heterocycles. The van der Waals surface area contributed by atoms with Crippen molar-refractivity contribution in [1.29, 1.82) is 0 Å². The van der Waals surface area contributed by atoms with Crippen LogP contribution in [0.25, 0.3) is 10.9 Å². The molecule has 0 bridgehead atoms. The second kappa shape index (κ2) is 9.13. The number of ether oxygens (including phenoxy) is 1. The highest BCUT2D eigenvalue weighted by Gasteiger charge is 2.23. The number of aliphatic hydroxyl groups excluding tert-OH is 1. The first-order chi connectivity index (χ1) is 13.5. The lowest BCUT2D eigenvalue weighted by Gasteiger charge is -2.33. The number of carbonyl (C=O) groups is 2. The highest BCUT2D eigenvalue weighted by Crippen LogP contribution is 2.29. The number of carbonyl (C=O) groups excluding carboxylic acids is 2. The molecule has 2 aromatic rings. The van der Waals surface area contributed by atoms with E-state index in [2.05, 4.69) is 15.2 Å². The van der Waals surface area contributed by atoms with Gasteiger partial charge in [0.2, 0.25) is 5.91 Å². The number of nitrogens with zero attached hydrogens (tertiary/aromatic N) is 2. The van der Waals surface area contributed by atoms with E-state index in [1.54, 1.807) is 6.92 Å². The zero-order valence-corrected chi connectivity index (χ0v) is 15.8. The number of halogens is 1. The molecule has 0 spiro atoms. The van der Waals surface area contributed by atoms with E-state index >= 15 is 0 Å². The van der Waals surface area contributed by atoms with Gasteiger partial charge in [-0.2, -0.15) is 0 Å². The minimum absolute atomic E-state index is 0.101. The van der Waals surface area contributed by atoms with Crippen molar-refractivity contribution in [2.24, 2.45) is 0 Å². The number of anilines is 1. The number of hydrogen-bond acceptors (Lipinski definition) is 6. The van der Waals surface area contributed by atoms with Gasteiger partial charge in [0.1, 0.15) is 11.5 Å². The van der Waals surface area contributed by atoms with Gasteiger partial charge < -0.3 is 20.1 Å². The summed E-state index contributed by atoms with van der Waals surface area (Å²) in [6.45, 7) is 5.76. The average Bonchev–Trinajstić information content (AvgIpc) is 3.01. The van der Waals surface area contributed by atoms with Gasteiger partial charge in [-0.15, -0.1) is 0 Å². The molecule has 28 heavy (non-hydrogen) atoms. The molecule has 0 unspecified atom stereocenters. The fourth-order valence-electron chi connectivity index (χ4n) is 3.34. The first-order valence-electron chi connectivity index (χ1n) is 9.35. The van der Waals surface area contributed by atoms with Crippen molar-refractivity contribution in [2.75, 3.05) is 57.8 Å². The lowest BCUT2D eigenvalue weighted by molar-refractivity contribution is -0.117. The predicted molar refractivity (Wildman–Crippen MR) is 103 cm³/mol. The van der Waals surface area contributed by atoms with Gasteiger partial charge in [-0.1, -0.05) is 0 Å². The fraction of sp³-hybridized carbons (Fsp3) is 0.474. The highest BCUT2D eigenvalue weighted by molar-refractivity contribution is 6.11. The number of rotatable bonds is 7. The molecule has 152 valence electrons. The Hall–Kier alpha value is -2.49. The first kappa shape index (κ1) is 20.2. The van der Waals surface area contributed by atoms with Crippen molar-refractivity contribution in [2.45, 2.75) is 6.92 Å². The molecule has 0 radical (unpaired) electrons. The number of amides is 1. The van der Waals surface area contributed by atoms with E-state index < -0.39 is 11.8 Å². The molecule has 1 aliphatic heterocycles. The normalized spacial score (nSPS) is 15.7. The van der Waals surface area contributed by atoms with Crippen LogP contribution in [0.1, 0.15) is 17.4 Å². The highest BCUT2D eigenvalue weighted by atomic mass is 19.1. The third kappa shape index (κ3) is 4.67. The number of aromatic nitrogens is 1. The summed E-state index contributed by atoms with van der Waals surface area (Å²) in [6, 6.07) is 4.08. The number of aromatic amines is 1. The summed E-state index contributed by atoms with van der Waals surface area (Å²) in [4.78, 5) is 31.9. The van der Waals surface area contributed by atoms with Crippen LogP contribution in [0.4, 0.5) is 10.1 Å². The Kier molecular flexibility index (Phi) is 6.61. The summed E-state index contributed by atoms with van der Waals surface area (Å²) >= 11 is 0. The van der Waals surface area contributed by atoms with Gasteiger partial charge in [0.15, 0.2) is 0 Å². The van der Waals surface area contributed by atoms with Gasteiger partial charge in [0, 0.05) is 43.6 Å². The van der Waals surface area contributed by atoms with Gasteiger partial charge >= 0.3 is 5.97 Å². The minimum atomic E-state index is -0.605. The Bertz CT molecular complexity index is 846. The van der Waals surface area contributed by atoms with Crippen LogP contribution in [0.3, 0.4) is 0 Å². The van der Waals surface area contributed by atoms with Crippen molar-refractivity contribution in [1.82, 2.24) is 14.8 Å². The van der Waals surface area contributed by atoms with Crippen molar-refractivity contribution in [3.8, 4) is 0 Å². The number of piperazine rings is 1. The maximum absolute atomic E-state index is 13.7. The molecule has 8 nitrogen and oxygen atoms in total. The van der Waals surface area contributed by atoms with Crippen LogP contribution in [-0.4, -0.2) is 84.2 Å². The van der Waals surface area contributed by atoms with Crippen molar-refractivity contribution in [3.63, 3.8) is 0 Å². The van der Waals surface area contributed by atoms with Crippen LogP contribution in [0, 0.1) is 5.82 Å². The Morgan fingerprint density at radius 1 is 1.25 bits per heavy atom. The number of β-amino-alcohol motifs (C(OH)–C–C–N with tert-alkyl or cyclic N) is 1. The maximum Gasteiger partial charge on any atom is 0.356 e. The monoisotopic (exact) mass is 392 g/mol. The average molecular weight is 392 g/mol. The summed E-state index contributed by atoms with van der Waals surface area (Å²) in [5, 5.41) is 12.2. The standard InChI is InChI=1S/C19H25FN4O4/c1-2-28-19(27)18-17(14-11-13(20)3-4-15(14)21-18)22-16(26)12-24-7-5-23(6-8-24)9-10-25/h3-4,11,21,25H,2,5-10,12H2,1H3,(H,22,26). The molecule has 1 amide bonds. The van der Waals surface area contributed by atoms with Crippen molar-refractivity contribution >= 4 is 28.5 Å². The van der Waals surface area contributed by atoms with E-state index in [1.165, 1.54) is 18.2 Å². The third-order valence-corrected chi connectivity index (χ3v) is 4.75.